The van der Waals surface area contributed by atoms with Gasteiger partial charge in [-0.25, -0.2) is 0 Å². The predicted molar refractivity (Wildman–Crippen MR) is 95.5 cm³/mol. The quantitative estimate of drug-likeness (QED) is 0.649. The largest absolute Gasteiger partial charge is 0.306 e. The third kappa shape index (κ3) is 4.01. The molecule has 1 unspecified atom stereocenters. The predicted octanol–water partition coefficient (Wildman–Crippen LogP) is 6.15. The van der Waals surface area contributed by atoms with Gasteiger partial charge in [0.05, 0.1) is 16.1 Å². The first-order chi connectivity index (χ1) is 10.0. The maximum atomic E-state index is 6.40. The summed E-state index contributed by atoms with van der Waals surface area (Å²) in [5, 5.41) is 4.75. The summed E-state index contributed by atoms with van der Waals surface area (Å²) in [5.41, 5.74) is 3.39. The molecule has 1 nitrogen and oxygen atoms in total. The van der Waals surface area contributed by atoms with Crippen LogP contribution < -0.4 is 5.32 Å². The molecule has 112 valence electrons. The molecular formula is C17H18BrCl2N. The molecule has 0 fully saturated rings. The Morgan fingerprint density at radius 1 is 1.19 bits per heavy atom. The highest BCUT2D eigenvalue weighted by atomic mass is 79.9. The number of nitrogens with one attached hydrogen (secondary N) is 1. The first kappa shape index (κ1) is 16.8. The van der Waals surface area contributed by atoms with Crippen LogP contribution in [0.25, 0.3) is 0 Å². The van der Waals surface area contributed by atoms with Crippen LogP contribution in [0.15, 0.2) is 40.9 Å². The van der Waals surface area contributed by atoms with E-state index < -0.39 is 0 Å². The van der Waals surface area contributed by atoms with Gasteiger partial charge in [-0.15, -0.1) is 0 Å². The van der Waals surface area contributed by atoms with E-state index in [-0.39, 0.29) is 6.04 Å². The van der Waals surface area contributed by atoms with Crippen LogP contribution in [0.1, 0.15) is 36.1 Å². The van der Waals surface area contributed by atoms with E-state index in [1.54, 1.807) is 0 Å². The van der Waals surface area contributed by atoms with Gasteiger partial charge in [0, 0.05) is 4.47 Å². The minimum absolute atomic E-state index is 0.0352. The van der Waals surface area contributed by atoms with E-state index in [2.05, 4.69) is 53.3 Å². The Labute approximate surface area is 144 Å². The zero-order valence-corrected chi connectivity index (χ0v) is 15.2. The number of halogens is 3. The molecule has 4 heteroatoms. The van der Waals surface area contributed by atoms with Crippen molar-refractivity contribution in [3.05, 3.63) is 67.6 Å². The van der Waals surface area contributed by atoms with Crippen LogP contribution in [0.2, 0.25) is 10.0 Å². The average molecular weight is 387 g/mol. The van der Waals surface area contributed by atoms with Crippen molar-refractivity contribution in [3.63, 3.8) is 0 Å². The van der Waals surface area contributed by atoms with Gasteiger partial charge in [0.1, 0.15) is 0 Å². The lowest BCUT2D eigenvalue weighted by atomic mass is 9.97. The molecule has 0 amide bonds. The molecule has 2 aromatic rings. The summed E-state index contributed by atoms with van der Waals surface area (Å²) >= 11 is 16.2. The number of hydrogen-bond donors (Lipinski definition) is 1. The number of rotatable bonds is 5. The van der Waals surface area contributed by atoms with Gasteiger partial charge in [-0.3, -0.25) is 0 Å². The van der Waals surface area contributed by atoms with Crippen molar-refractivity contribution in [1.82, 2.24) is 5.32 Å². The van der Waals surface area contributed by atoms with Crippen LogP contribution in [0, 0.1) is 6.92 Å². The Morgan fingerprint density at radius 2 is 1.95 bits per heavy atom. The molecule has 0 spiro atoms. The second kappa shape index (κ2) is 7.64. The fraction of sp³-hybridized carbons (Fsp3) is 0.294. The van der Waals surface area contributed by atoms with Crippen LogP contribution in [0.4, 0.5) is 0 Å². The standard InChI is InChI=1S/C17H18BrCl2N/c1-3-9-21-17(12-8-7-11(2)14(18)10-12)13-5-4-6-15(19)16(13)20/h4-8,10,17,21H,3,9H2,1-2H3. The third-order valence-electron chi connectivity index (χ3n) is 3.42. The fourth-order valence-electron chi connectivity index (χ4n) is 2.23. The molecule has 0 aromatic heterocycles. The molecule has 0 aliphatic rings. The highest BCUT2D eigenvalue weighted by Gasteiger charge is 2.18. The lowest BCUT2D eigenvalue weighted by molar-refractivity contribution is 0.598. The van der Waals surface area contributed by atoms with Gasteiger partial charge in [0.25, 0.3) is 0 Å². The molecule has 21 heavy (non-hydrogen) atoms. The van der Waals surface area contributed by atoms with Gasteiger partial charge in [-0.2, -0.15) is 0 Å². The number of benzene rings is 2. The summed E-state index contributed by atoms with van der Waals surface area (Å²) in [6.45, 7) is 5.14. The molecule has 0 heterocycles. The molecule has 0 saturated heterocycles. The SMILES string of the molecule is CCCNC(c1ccc(C)c(Br)c1)c1cccc(Cl)c1Cl. The minimum Gasteiger partial charge on any atom is -0.306 e. The van der Waals surface area contributed by atoms with Crippen LogP contribution in [0.5, 0.6) is 0 Å². The van der Waals surface area contributed by atoms with E-state index in [1.165, 1.54) is 11.1 Å². The Bertz CT molecular complexity index is 628. The van der Waals surface area contributed by atoms with E-state index in [0.717, 1.165) is 23.0 Å². The fourth-order valence-corrected chi connectivity index (χ4v) is 3.04. The van der Waals surface area contributed by atoms with Crippen molar-refractivity contribution in [2.75, 3.05) is 6.54 Å². The molecule has 0 aliphatic carbocycles. The second-order valence-corrected chi connectivity index (χ2v) is 6.68. The molecule has 0 saturated carbocycles. The van der Waals surface area contributed by atoms with Crippen molar-refractivity contribution < 1.29 is 0 Å². The average Bonchev–Trinajstić information content (AvgIpc) is 2.47. The first-order valence-corrected chi connectivity index (χ1v) is 8.52. The van der Waals surface area contributed by atoms with Crippen LogP contribution >= 0.6 is 39.1 Å². The van der Waals surface area contributed by atoms with Crippen molar-refractivity contribution in [2.45, 2.75) is 26.3 Å². The van der Waals surface area contributed by atoms with Crippen LogP contribution in [0.3, 0.4) is 0 Å². The Balaban J connectivity index is 2.47. The molecule has 0 radical (unpaired) electrons. The number of hydrogen-bond acceptors (Lipinski definition) is 1. The highest BCUT2D eigenvalue weighted by Crippen LogP contribution is 2.34. The van der Waals surface area contributed by atoms with E-state index in [9.17, 15) is 0 Å². The third-order valence-corrected chi connectivity index (χ3v) is 5.11. The van der Waals surface area contributed by atoms with Gasteiger partial charge in [-0.05, 0) is 48.7 Å². The van der Waals surface area contributed by atoms with E-state index in [4.69, 9.17) is 23.2 Å². The van der Waals surface area contributed by atoms with Crippen molar-refractivity contribution in [3.8, 4) is 0 Å². The van der Waals surface area contributed by atoms with Gasteiger partial charge >= 0.3 is 0 Å². The van der Waals surface area contributed by atoms with E-state index >= 15 is 0 Å². The summed E-state index contributed by atoms with van der Waals surface area (Å²) in [5.74, 6) is 0. The van der Waals surface area contributed by atoms with Gasteiger partial charge in [0.2, 0.25) is 0 Å². The van der Waals surface area contributed by atoms with Crippen molar-refractivity contribution in [1.29, 1.82) is 0 Å². The Kier molecular flexibility index (Phi) is 6.12. The van der Waals surface area contributed by atoms with E-state index in [1.807, 2.05) is 18.2 Å². The smallest absolute Gasteiger partial charge is 0.0643 e. The summed E-state index contributed by atoms with van der Waals surface area (Å²) in [6, 6.07) is 12.2. The zero-order chi connectivity index (χ0) is 15.4. The lowest BCUT2D eigenvalue weighted by Gasteiger charge is -2.22. The number of aryl methyl sites for hydroxylation is 1. The van der Waals surface area contributed by atoms with Gasteiger partial charge < -0.3 is 5.32 Å². The van der Waals surface area contributed by atoms with Crippen molar-refractivity contribution >= 4 is 39.1 Å². The summed E-state index contributed by atoms with van der Waals surface area (Å²) in [7, 11) is 0. The normalized spacial score (nSPS) is 12.4. The van der Waals surface area contributed by atoms with Crippen LogP contribution in [-0.4, -0.2) is 6.54 Å². The van der Waals surface area contributed by atoms with Gasteiger partial charge in [0.15, 0.2) is 0 Å². The zero-order valence-electron chi connectivity index (χ0n) is 12.1. The maximum Gasteiger partial charge on any atom is 0.0643 e. The maximum absolute atomic E-state index is 6.40. The highest BCUT2D eigenvalue weighted by molar-refractivity contribution is 9.10. The van der Waals surface area contributed by atoms with Gasteiger partial charge in [-0.1, -0.05) is 70.3 Å². The molecule has 0 bridgehead atoms. The Hall–Kier alpha value is -0.540. The van der Waals surface area contributed by atoms with Crippen LogP contribution in [-0.2, 0) is 0 Å². The summed E-state index contributed by atoms with van der Waals surface area (Å²) in [4.78, 5) is 0. The molecule has 2 rings (SSSR count). The molecule has 0 aliphatic heterocycles. The minimum atomic E-state index is 0.0352. The molecule has 2 aromatic carbocycles. The summed E-state index contributed by atoms with van der Waals surface area (Å²) < 4.78 is 1.10. The molecular weight excluding hydrogens is 369 g/mol. The van der Waals surface area contributed by atoms with E-state index in [0.29, 0.717) is 10.0 Å². The topological polar surface area (TPSA) is 12.0 Å². The monoisotopic (exact) mass is 385 g/mol. The Morgan fingerprint density at radius 3 is 2.62 bits per heavy atom. The van der Waals surface area contributed by atoms with Crippen molar-refractivity contribution in [2.24, 2.45) is 0 Å². The molecule has 1 N–H and O–H groups in total. The molecule has 1 atom stereocenters. The summed E-state index contributed by atoms with van der Waals surface area (Å²) in [6.07, 6.45) is 1.06. The first-order valence-electron chi connectivity index (χ1n) is 6.98. The second-order valence-electron chi connectivity index (χ2n) is 5.04. The lowest BCUT2D eigenvalue weighted by Crippen LogP contribution is -2.23.